The highest BCUT2D eigenvalue weighted by Gasteiger charge is 2.58. The Morgan fingerprint density at radius 1 is 1.00 bits per heavy atom. The number of amides is 2. The van der Waals surface area contributed by atoms with Gasteiger partial charge in [0.25, 0.3) is 0 Å². The van der Waals surface area contributed by atoms with Crippen LogP contribution in [0.5, 0.6) is 0 Å². The average Bonchev–Trinajstić information content (AvgIpc) is 3.02. The highest BCUT2D eigenvalue weighted by Crippen LogP contribution is 2.46. The first-order valence-electron chi connectivity index (χ1n) is 6.22. The monoisotopic (exact) mass is 225 g/mol. The molecule has 1 saturated carbocycles. The van der Waals surface area contributed by atoms with E-state index in [1.165, 1.54) is 4.90 Å². The van der Waals surface area contributed by atoms with Crippen molar-refractivity contribution in [1.82, 2.24) is 4.90 Å². The smallest absolute Gasteiger partial charge is 0.233 e. The van der Waals surface area contributed by atoms with Crippen LogP contribution in [0.3, 0.4) is 0 Å². The molecule has 0 aromatic carbocycles. The SMILES string of the molecule is O=C1C2CC2C(=O)N1CCCCCCCO. The zero-order chi connectivity index (χ0) is 11.5. The molecule has 0 aromatic rings. The molecule has 2 aliphatic rings. The fourth-order valence-electron chi connectivity index (χ4n) is 2.38. The zero-order valence-electron chi connectivity index (χ0n) is 9.52. The van der Waals surface area contributed by atoms with E-state index in [9.17, 15) is 9.59 Å². The van der Waals surface area contributed by atoms with Crippen molar-refractivity contribution in [2.45, 2.75) is 38.5 Å². The largest absolute Gasteiger partial charge is 0.396 e. The molecule has 2 unspecified atom stereocenters. The van der Waals surface area contributed by atoms with E-state index >= 15 is 0 Å². The second kappa shape index (κ2) is 4.95. The second-order valence-electron chi connectivity index (χ2n) is 4.77. The van der Waals surface area contributed by atoms with E-state index < -0.39 is 0 Å². The van der Waals surface area contributed by atoms with Gasteiger partial charge in [-0.05, 0) is 19.3 Å². The molecule has 4 nitrogen and oxygen atoms in total. The summed E-state index contributed by atoms with van der Waals surface area (Å²) < 4.78 is 0. The van der Waals surface area contributed by atoms with Gasteiger partial charge in [-0.25, -0.2) is 0 Å². The molecule has 2 fully saturated rings. The van der Waals surface area contributed by atoms with Crippen molar-refractivity contribution < 1.29 is 14.7 Å². The van der Waals surface area contributed by atoms with Crippen molar-refractivity contribution in [3.8, 4) is 0 Å². The minimum Gasteiger partial charge on any atom is -0.396 e. The normalized spacial score (nSPS) is 27.4. The summed E-state index contributed by atoms with van der Waals surface area (Å²) in [4.78, 5) is 24.6. The number of aliphatic hydroxyl groups excluding tert-OH is 1. The Labute approximate surface area is 95.6 Å². The van der Waals surface area contributed by atoms with E-state index in [2.05, 4.69) is 0 Å². The molecular weight excluding hydrogens is 206 g/mol. The van der Waals surface area contributed by atoms with Crippen molar-refractivity contribution in [3.05, 3.63) is 0 Å². The van der Waals surface area contributed by atoms with Crippen molar-refractivity contribution in [3.63, 3.8) is 0 Å². The number of carbonyl (C=O) groups excluding carboxylic acids is 2. The number of carbonyl (C=O) groups is 2. The summed E-state index contributed by atoms with van der Waals surface area (Å²) in [5.74, 6) is 0.208. The number of hydrogen-bond donors (Lipinski definition) is 1. The van der Waals surface area contributed by atoms with Crippen molar-refractivity contribution in [2.75, 3.05) is 13.2 Å². The molecule has 2 amide bonds. The number of imide groups is 1. The molecule has 4 heteroatoms. The predicted molar refractivity (Wildman–Crippen MR) is 58.5 cm³/mol. The summed E-state index contributed by atoms with van der Waals surface area (Å²) in [6, 6.07) is 0. The third-order valence-electron chi connectivity index (χ3n) is 3.50. The highest BCUT2D eigenvalue weighted by atomic mass is 16.3. The van der Waals surface area contributed by atoms with Crippen LogP contribution in [0.1, 0.15) is 38.5 Å². The van der Waals surface area contributed by atoms with E-state index in [-0.39, 0.29) is 30.3 Å². The van der Waals surface area contributed by atoms with Crippen molar-refractivity contribution in [1.29, 1.82) is 0 Å². The first-order valence-corrected chi connectivity index (χ1v) is 6.22. The Morgan fingerprint density at radius 2 is 1.56 bits per heavy atom. The van der Waals surface area contributed by atoms with Crippen LogP contribution < -0.4 is 0 Å². The van der Waals surface area contributed by atoms with Gasteiger partial charge in [0.1, 0.15) is 0 Å². The number of likely N-dealkylation sites (tertiary alicyclic amines) is 1. The molecule has 90 valence electrons. The van der Waals surface area contributed by atoms with Crippen LogP contribution >= 0.6 is 0 Å². The zero-order valence-corrected chi connectivity index (χ0v) is 9.52. The van der Waals surface area contributed by atoms with Crippen LogP contribution in [0.4, 0.5) is 0 Å². The van der Waals surface area contributed by atoms with Crippen LogP contribution in [0.15, 0.2) is 0 Å². The van der Waals surface area contributed by atoms with Gasteiger partial charge in [-0.15, -0.1) is 0 Å². The van der Waals surface area contributed by atoms with Gasteiger partial charge >= 0.3 is 0 Å². The predicted octanol–water partition coefficient (Wildman–Crippen LogP) is 0.934. The number of unbranched alkanes of at least 4 members (excludes halogenated alkanes) is 4. The third kappa shape index (κ3) is 2.26. The second-order valence-corrected chi connectivity index (χ2v) is 4.77. The van der Waals surface area contributed by atoms with E-state index in [4.69, 9.17) is 5.11 Å². The van der Waals surface area contributed by atoms with Gasteiger partial charge in [0, 0.05) is 13.2 Å². The lowest BCUT2D eigenvalue weighted by atomic mass is 10.1. The van der Waals surface area contributed by atoms with Gasteiger partial charge in [-0.3, -0.25) is 14.5 Å². The number of rotatable bonds is 7. The lowest BCUT2D eigenvalue weighted by Crippen LogP contribution is -2.33. The van der Waals surface area contributed by atoms with Crippen molar-refractivity contribution in [2.24, 2.45) is 11.8 Å². The lowest BCUT2D eigenvalue weighted by molar-refractivity contribution is -0.141. The minimum atomic E-state index is 0.0434. The molecule has 1 saturated heterocycles. The quantitative estimate of drug-likeness (QED) is 0.518. The summed E-state index contributed by atoms with van der Waals surface area (Å²) in [7, 11) is 0. The van der Waals surface area contributed by atoms with Crippen LogP contribution in [-0.4, -0.2) is 35.0 Å². The van der Waals surface area contributed by atoms with Gasteiger partial charge in [0.2, 0.25) is 11.8 Å². The fraction of sp³-hybridized carbons (Fsp3) is 0.833. The van der Waals surface area contributed by atoms with Crippen molar-refractivity contribution >= 4 is 11.8 Å². The Balaban J connectivity index is 1.60. The maximum atomic E-state index is 11.6. The molecule has 2 rings (SSSR count). The molecule has 0 bridgehead atoms. The molecule has 1 N–H and O–H groups in total. The highest BCUT2D eigenvalue weighted by molar-refractivity contribution is 6.08. The molecule has 0 spiro atoms. The van der Waals surface area contributed by atoms with E-state index in [0.29, 0.717) is 6.54 Å². The summed E-state index contributed by atoms with van der Waals surface area (Å²) in [5.41, 5.74) is 0. The summed E-state index contributed by atoms with van der Waals surface area (Å²) in [6.07, 6.45) is 5.69. The van der Waals surface area contributed by atoms with Crippen LogP contribution in [0.2, 0.25) is 0 Å². The fourth-order valence-corrected chi connectivity index (χ4v) is 2.38. The molecule has 16 heavy (non-hydrogen) atoms. The molecule has 2 atom stereocenters. The number of piperidine rings is 1. The van der Waals surface area contributed by atoms with Crippen LogP contribution in [0, 0.1) is 11.8 Å². The molecule has 1 aliphatic heterocycles. The molecule has 0 radical (unpaired) electrons. The van der Waals surface area contributed by atoms with Gasteiger partial charge < -0.3 is 5.11 Å². The molecule has 1 heterocycles. The Morgan fingerprint density at radius 3 is 2.19 bits per heavy atom. The lowest BCUT2D eigenvalue weighted by Gasteiger charge is -2.15. The number of nitrogens with zero attached hydrogens (tertiary/aromatic N) is 1. The maximum absolute atomic E-state index is 11.6. The van der Waals surface area contributed by atoms with E-state index in [1.807, 2.05) is 0 Å². The number of fused-ring (bicyclic) bond motifs is 1. The minimum absolute atomic E-state index is 0.0434. The average molecular weight is 225 g/mol. The standard InChI is InChI=1S/C12H19NO3/c14-7-5-3-1-2-4-6-13-11(15)9-8-10(9)12(13)16/h9-10,14H,1-8H2. The Kier molecular flexibility index (Phi) is 3.59. The number of aliphatic hydroxyl groups is 1. The summed E-state index contributed by atoms with van der Waals surface area (Å²) in [5, 5.41) is 8.60. The van der Waals surface area contributed by atoms with Gasteiger partial charge in [-0.2, -0.15) is 0 Å². The molecule has 0 aromatic heterocycles. The summed E-state index contributed by atoms with van der Waals surface area (Å²) in [6.45, 7) is 0.857. The maximum Gasteiger partial charge on any atom is 0.233 e. The molecule has 1 aliphatic carbocycles. The van der Waals surface area contributed by atoms with Gasteiger partial charge in [-0.1, -0.05) is 19.3 Å². The molecular formula is C12H19NO3. The first-order chi connectivity index (χ1) is 7.75. The summed E-state index contributed by atoms with van der Waals surface area (Å²) >= 11 is 0. The van der Waals surface area contributed by atoms with E-state index in [0.717, 1.165) is 38.5 Å². The topological polar surface area (TPSA) is 57.6 Å². The van der Waals surface area contributed by atoms with E-state index in [1.54, 1.807) is 0 Å². The van der Waals surface area contributed by atoms with Gasteiger partial charge in [0.05, 0.1) is 11.8 Å². The number of hydrogen-bond acceptors (Lipinski definition) is 3. The Hall–Kier alpha value is -0.900. The third-order valence-corrected chi connectivity index (χ3v) is 3.50. The van der Waals surface area contributed by atoms with Gasteiger partial charge in [0.15, 0.2) is 0 Å². The first kappa shape index (κ1) is 11.6. The van der Waals surface area contributed by atoms with Crippen LogP contribution in [-0.2, 0) is 9.59 Å². The Bertz CT molecular complexity index is 270. The van der Waals surface area contributed by atoms with Crippen LogP contribution in [0.25, 0.3) is 0 Å².